The van der Waals surface area contributed by atoms with Crippen LogP contribution in [0.1, 0.15) is 5.56 Å². The van der Waals surface area contributed by atoms with Crippen molar-refractivity contribution in [2.45, 2.75) is 0 Å². The number of aromatic nitrogens is 2. The number of hydrogen-bond acceptors (Lipinski definition) is 5. The van der Waals surface area contributed by atoms with Crippen LogP contribution in [0.4, 0.5) is 0 Å². The van der Waals surface area contributed by atoms with Gasteiger partial charge in [0.25, 0.3) is 5.88 Å². The zero-order valence-electron chi connectivity index (χ0n) is 9.42. The van der Waals surface area contributed by atoms with Crippen molar-refractivity contribution in [3.05, 3.63) is 41.3 Å². The van der Waals surface area contributed by atoms with Crippen molar-refractivity contribution >= 4 is 11.6 Å². The lowest BCUT2D eigenvalue weighted by Crippen LogP contribution is -1.95. The lowest BCUT2D eigenvalue weighted by Gasteiger charge is -2.09. The summed E-state index contributed by atoms with van der Waals surface area (Å²) in [7, 11) is 1.45. The first-order valence-electron chi connectivity index (χ1n) is 4.97. The standard InChI is InChI=1S/C12H8ClN3O2/c1-17-10-11(13)15-7-16-12(10)18-9-4-2-8(6-14)3-5-9/h2-5,7H,1H3. The monoisotopic (exact) mass is 261 g/mol. The van der Waals surface area contributed by atoms with E-state index in [4.69, 9.17) is 26.3 Å². The first kappa shape index (κ1) is 12.1. The molecule has 1 aromatic carbocycles. The molecule has 1 aromatic heterocycles. The third-order valence-electron chi connectivity index (χ3n) is 2.13. The molecule has 0 radical (unpaired) electrons. The molecule has 0 amide bonds. The highest BCUT2D eigenvalue weighted by Gasteiger charge is 2.12. The predicted molar refractivity (Wildman–Crippen MR) is 64.8 cm³/mol. The maximum absolute atomic E-state index is 8.69. The minimum absolute atomic E-state index is 0.177. The first-order valence-corrected chi connectivity index (χ1v) is 5.35. The van der Waals surface area contributed by atoms with E-state index in [9.17, 15) is 0 Å². The van der Waals surface area contributed by atoms with E-state index in [0.29, 0.717) is 11.3 Å². The van der Waals surface area contributed by atoms with E-state index < -0.39 is 0 Å². The summed E-state index contributed by atoms with van der Waals surface area (Å²) in [5, 5.41) is 8.86. The average molecular weight is 262 g/mol. The minimum Gasteiger partial charge on any atom is -0.489 e. The molecule has 2 rings (SSSR count). The highest BCUT2D eigenvalue weighted by Crippen LogP contribution is 2.33. The van der Waals surface area contributed by atoms with E-state index in [1.165, 1.54) is 13.4 Å². The first-order chi connectivity index (χ1) is 8.74. The Kier molecular flexibility index (Phi) is 3.60. The van der Waals surface area contributed by atoms with Crippen LogP contribution in [0.2, 0.25) is 5.15 Å². The zero-order chi connectivity index (χ0) is 13.0. The molecule has 0 spiro atoms. The molecule has 0 aliphatic heterocycles. The maximum atomic E-state index is 8.69. The second-order valence-electron chi connectivity index (χ2n) is 3.24. The predicted octanol–water partition coefficient (Wildman–Crippen LogP) is 2.80. The van der Waals surface area contributed by atoms with Crippen molar-refractivity contribution in [3.63, 3.8) is 0 Å². The second-order valence-corrected chi connectivity index (χ2v) is 3.60. The van der Waals surface area contributed by atoms with Crippen LogP contribution in [0.15, 0.2) is 30.6 Å². The molecular formula is C12H8ClN3O2. The largest absolute Gasteiger partial charge is 0.489 e. The molecule has 6 heteroatoms. The molecule has 0 bridgehead atoms. The summed E-state index contributed by atoms with van der Waals surface area (Å²) in [6.07, 6.45) is 1.28. The zero-order valence-corrected chi connectivity index (χ0v) is 10.2. The Hall–Kier alpha value is -2.32. The van der Waals surface area contributed by atoms with Crippen molar-refractivity contribution in [1.82, 2.24) is 9.97 Å². The van der Waals surface area contributed by atoms with Gasteiger partial charge in [0.2, 0.25) is 5.75 Å². The van der Waals surface area contributed by atoms with E-state index in [2.05, 4.69) is 9.97 Å². The van der Waals surface area contributed by atoms with Gasteiger partial charge in [-0.2, -0.15) is 10.2 Å². The number of benzene rings is 1. The Morgan fingerprint density at radius 3 is 2.56 bits per heavy atom. The van der Waals surface area contributed by atoms with Crippen molar-refractivity contribution in [2.75, 3.05) is 7.11 Å². The van der Waals surface area contributed by atoms with E-state index >= 15 is 0 Å². The topological polar surface area (TPSA) is 68.0 Å². The number of nitrogens with zero attached hydrogens (tertiary/aromatic N) is 3. The van der Waals surface area contributed by atoms with E-state index in [1.807, 2.05) is 6.07 Å². The lowest BCUT2D eigenvalue weighted by molar-refractivity contribution is 0.367. The number of nitriles is 1. The molecule has 0 unspecified atom stereocenters. The molecule has 1 heterocycles. The van der Waals surface area contributed by atoms with Gasteiger partial charge < -0.3 is 9.47 Å². The van der Waals surface area contributed by atoms with Crippen LogP contribution >= 0.6 is 11.6 Å². The summed E-state index contributed by atoms with van der Waals surface area (Å²) in [6.45, 7) is 0. The summed E-state index contributed by atoms with van der Waals surface area (Å²) >= 11 is 5.84. The number of methoxy groups -OCH3 is 1. The van der Waals surface area contributed by atoms with Crippen LogP contribution in [0.5, 0.6) is 17.4 Å². The molecule has 0 saturated carbocycles. The molecule has 2 aromatic rings. The van der Waals surface area contributed by atoms with Crippen LogP contribution in [-0.2, 0) is 0 Å². The van der Waals surface area contributed by atoms with Crippen LogP contribution in [-0.4, -0.2) is 17.1 Å². The van der Waals surface area contributed by atoms with Gasteiger partial charge in [-0.15, -0.1) is 0 Å². The van der Waals surface area contributed by atoms with E-state index in [0.717, 1.165) is 0 Å². The Morgan fingerprint density at radius 2 is 1.94 bits per heavy atom. The van der Waals surface area contributed by atoms with Crippen molar-refractivity contribution in [2.24, 2.45) is 0 Å². The van der Waals surface area contributed by atoms with Gasteiger partial charge in [-0.1, -0.05) is 11.6 Å². The fraction of sp³-hybridized carbons (Fsp3) is 0.0833. The molecular weight excluding hydrogens is 254 g/mol. The molecule has 0 fully saturated rings. The van der Waals surface area contributed by atoms with Crippen molar-refractivity contribution in [3.8, 4) is 23.4 Å². The smallest absolute Gasteiger partial charge is 0.267 e. The lowest BCUT2D eigenvalue weighted by atomic mass is 10.2. The van der Waals surface area contributed by atoms with Gasteiger partial charge in [-0.3, -0.25) is 0 Å². The number of ether oxygens (including phenoxy) is 2. The Morgan fingerprint density at radius 1 is 1.22 bits per heavy atom. The van der Waals surface area contributed by atoms with Crippen LogP contribution in [0.3, 0.4) is 0 Å². The van der Waals surface area contributed by atoms with Gasteiger partial charge in [0.1, 0.15) is 12.1 Å². The molecule has 5 nitrogen and oxygen atoms in total. The van der Waals surface area contributed by atoms with Crippen LogP contribution < -0.4 is 9.47 Å². The summed E-state index contributed by atoms with van der Waals surface area (Å²) in [5.41, 5.74) is 0.551. The van der Waals surface area contributed by atoms with Crippen LogP contribution in [0.25, 0.3) is 0 Å². The Bertz CT molecular complexity index is 593. The minimum atomic E-state index is 0.177. The average Bonchev–Trinajstić information content (AvgIpc) is 2.40. The van der Waals surface area contributed by atoms with Gasteiger partial charge in [0.15, 0.2) is 5.15 Å². The third kappa shape index (κ3) is 2.50. The molecule has 0 aliphatic rings. The quantitative estimate of drug-likeness (QED) is 0.795. The van der Waals surface area contributed by atoms with E-state index in [-0.39, 0.29) is 16.8 Å². The normalized spacial score (nSPS) is 9.61. The van der Waals surface area contributed by atoms with E-state index in [1.54, 1.807) is 24.3 Å². The summed E-state index contributed by atoms with van der Waals surface area (Å²) in [4.78, 5) is 7.73. The van der Waals surface area contributed by atoms with Gasteiger partial charge >= 0.3 is 0 Å². The summed E-state index contributed by atoms with van der Waals surface area (Å²) in [5.74, 6) is 1.02. The van der Waals surface area contributed by atoms with Gasteiger partial charge in [0, 0.05) is 0 Å². The maximum Gasteiger partial charge on any atom is 0.267 e. The number of halogens is 1. The van der Waals surface area contributed by atoms with Gasteiger partial charge in [-0.25, -0.2) is 4.98 Å². The highest BCUT2D eigenvalue weighted by atomic mass is 35.5. The van der Waals surface area contributed by atoms with Crippen LogP contribution in [0, 0.1) is 11.3 Å². The van der Waals surface area contributed by atoms with Gasteiger partial charge in [0.05, 0.1) is 18.7 Å². The molecule has 0 N–H and O–H groups in total. The number of hydrogen-bond donors (Lipinski definition) is 0. The van der Waals surface area contributed by atoms with Crippen molar-refractivity contribution < 1.29 is 9.47 Å². The number of rotatable bonds is 3. The molecule has 0 saturated heterocycles. The summed E-state index contributed by atoms with van der Waals surface area (Å²) < 4.78 is 10.6. The SMILES string of the molecule is COc1c(Cl)ncnc1Oc1ccc(C#N)cc1. The summed E-state index contributed by atoms with van der Waals surface area (Å²) in [6, 6.07) is 8.63. The Labute approximate surface area is 109 Å². The fourth-order valence-corrected chi connectivity index (χ4v) is 1.49. The molecule has 90 valence electrons. The molecule has 18 heavy (non-hydrogen) atoms. The third-order valence-corrected chi connectivity index (χ3v) is 2.40. The fourth-order valence-electron chi connectivity index (χ4n) is 1.29. The van der Waals surface area contributed by atoms with Crippen molar-refractivity contribution in [1.29, 1.82) is 5.26 Å². The highest BCUT2D eigenvalue weighted by molar-refractivity contribution is 6.31. The molecule has 0 atom stereocenters. The van der Waals surface area contributed by atoms with Gasteiger partial charge in [-0.05, 0) is 24.3 Å². The molecule has 0 aliphatic carbocycles. The second kappa shape index (κ2) is 5.34. The Balaban J connectivity index is 2.28.